The van der Waals surface area contributed by atoms with Crippen LogP contribution in [0.25, 0.3) is 0 Å². The third-order valence-corrected chi connectivity index (χ3v) is 11.5. The Kier molecular flexibility index (Phi) is 13.0. The molecule has 3 saturated heterocycles. The van der Waals surface area contributed by atoms with Gasteiger partial charge < -0.3 is 20.3 Å². The third-order valence-electron chi connectivity index (χ3n) is 10.8. The maximum absolute atomic E-state index is 13.7. The summed E-state index contributed by atoms with van der Waals surface area (Å²) in [6.45, 7) is 10.9. The second-order valence-electron chi connectivity index (χ2n) is 15.1. The van der Waals surface area contributed by atoms with E-state index in [0.717, 1.165) is 35.8 Å². The number of benzene rings is 2. The minimum absolute atomic E-state index is 0.125. The van der Waals surface area contributed by atoms with Gasteiger partial charge in [-0.2, -0.15) is 18.4 Å². The predicted octanol–water partition coefficient (Wildman–Crippen LogP) is 5.27. The van der Waals surface area contributed by atoms with Crippen molar-refractivity contribution in [1.82, 2.24) is 20.1 Å². The van der Waals surface area contributed by atoms with Crippen LogP contribution in [0.3, 0.4) is 0 Å². The molecule has 3 N–H and O–H groups in total. The van der Waals surface area contributed by atoms with Crippen molar-refractivity contribution in [3.05, 3.63) is 70.5 Å². The fourth-order valence-electron chi connectivity index (χ4n) is 7.49. The fourth-order valence-corrected chi connectivity index (χ4v) is 8.38. The van der Waals surface area contributed by atoms with Gasteiger partial charge in [-0.15, -0.1) is 12.6 Å². The van der Waals surface area contributed by atoms with E-state index in [1.807, 2.05) is 26.0 Å². The number of piperidine rings is 1. The van der Waals surface area contributed by atoms with Crippen molar-refractivity contribution in [2.24, 2.45) is 0 Å². The Morgan fingerprint density at radius 1 is 1.10 bits per heavy atom. The zero-order valence-electron chi connectivity index (χ0n) is 32.9. The third kappa shape index (κ3) is 9.54. The largest absolute Gasteiger partial charge is 0.492 e. The zero-order valence-corrected chi connectivity index (χ0v) is 34.5. The van der Waals surface area contributed by atoms with Gasteiger partial charge in [-0.3, -0.25) is 39.2 Å². The molecule has 1 aromatic heterocycles. The molecule has 4 heterocycles. The average molecular weight is 856 g/mol. The van der Waals surface area contributed by atoms with Crippen molar-refractivity contribution < 1.29 is 37.1 Å². The number of amides is 4. The van der Waals surface area contributed by atoms with E-state index in [2.05, 4.69) is 30.7 Å². The smallest absolute Gasteiger partial charge is 0.419 e. The first-order chi connectivity index (χ1) is 27.9. The molecule has 3 aliphatic heterocycles. The Hall–Kier alpha value is -5.09. The maximum atomic E-state index is 13.7. The molecule has 3 aromatic rings. The number of nitrogens with one attached hydrogen (secondary N) is 3. The molecule has 3 atom stereocenters. The van der Waals surface area contributed by atoms with E-state index in [0.29, 0.717) is 66.9 Å². The van der Waals surface area contributed by atoms with Crippen LogP contribution in [-0.2, 0) is 31.8 Å². The molecule has 19 heteroatoms. The number of hydrogen-bond donors (Lipinski definition) is 4. The number of anilines is 4. The second kappa shape index (κ2) is 17.6. The number of nitrogens with zero attached hydrogens (tertiary/aromatic N) is 6. The highest BCUT2D eigenvalue weighted by atomic mass is 35.5. The van der Waals surface area contributed by atoms with Crippen LogP contribution in [-0.4, -0.2) is 101 Å². The highest BCUT2D eigenvalue weighted by Crippen LogP contribution is 2.43. The van der Waals surface area contributed by atoms with Crippen LogP contribution in [0, 0.1) is 11.3 Å². The molecule has 14 nitrogen and oxygen atoms in total. The summed E-state index contributed by atoms with van der Waals surface area (Å²) in [5.74, 6) is -0.740. The van der Waals surface area contributed by atoms with Crippen LogP contribution in [0.1, 0.15) is 57.4 Å². The fraction of sp³-hybridized carbons (Fsp3) is 0.450. The molecule has 0 saturated carbocycles. The van der Waals surface area contributed by atoms with Crippen LogP contribution in [0.4, 0.5) is 35.9 Å². The standard InChI is InChI=1S/C40H45ClF3N9O5S/c1-5-24-16-28(53-38(59)52(37(57)39(53,3)4)29-20-30(40(42,43)44)32(21-45)46-22-29)6-8-33(24)58-15-14-50-10-12-51(13-11-50)23(2)35(55)48-27-18-25(41)17-26(19-27)47-31-7-9-34(54)49-36(31)56/h6,8,16-20,22-23,31,38,47,59H,5,7,9-15H2,1-4H3,(H,48,55)(H,49,54,56)/t23-,31-,38+/m0/s1. The van der Waals surface area contributed by atoms with Gasteiger partial charge in [0.05, 0.1) is 23.5 Å². The van der Waals surface area contributed by atoms with Gasteiger partial charge in [0.1, 0.15) is 30.0 Å². The molecule has 2 aromatic carbocycles. The van der Waals surface area contributed by atoms with Gasteiger partial charge in [-0.05, 0) is 81.6 Å². The van der Waals surface area contributed by atoms with E-state index in [1.165, 1.54) is 6.07 Å². The summed E-state index contributed by atoms with van der Waals surface area (Å²) in [5, 5.41) is 17.9. The summed E-state index contributed by atoms with van der Waals surface area (Å²) in [4.78, 5) is 61.6. The Balaban J connectivity index is 1.01. The van der Waals surface area contributed by atoms with Crippen molar-refractivity contribution in [1.29, 1.82) is 5.26 Å². The number of alkyl halides is 3. The SMILES string of the molecule is CCc1cc(N2[C@H](S)N(c3cnc(C#N)c(C(F)(F)F)c3)C(=O)C2(C)C)ccc1OCCN1CCN([C@@H](C)C(=O)Nc2cc(Cl)cc(N[C@H]3CCC(=O)NC3=O)c2)CC1. The Morgan fingerprint density at radius 3 is 2.47 bits per heavy atom. The molecule has 4 amide bonds. The first kappa shape index (κ1) is 43.5. The van der Waals surface area contributed by atoms with E-state index in [1.54, 1.807) is 43.0 Å². The molecule has 0 unspecified atom stereocenters. The monoisotopic (exact) mass is 855 g/mol. The lowest BCUT2D eigenvalue weighted by Crippen LogP contribution is -2.53. The molecule has 0 bridgehead atoms. The number of ether oxygens (including phenoxy) is 1. The number of hydrogen-bond acceptors (Lipinski definition) is 12. The van der Waals surface area contributed by atoms with E-state index in [9.17, 15) is 37.6 Å². The number of imide groups is 1. The van der Waals surface area contributed by atoms with Gasteiger partial charge in [0.15, 0.2) is 11.2 Å². The molecule has 314 valence electrons. The lowest BCUT2D eigenvalue weighted by atomic mass is 10.0. The summed E-state index contributed by atoms with van der Waals surface area (Å²) < 4.78 is 47.5. The first-order valence-corrected chi connectivity index (χ1v) is 20.0. The number of carbonyl (C=O) groups is 4. The Morgan fingerprint density at radius 2 is 1.81 bits per heavy atom. The van der Waals surface area contributed by atoms with Crippen molar-refractivity contribution in [3.63, 3.8) is 0 Å². The summed E-state index contributed by atoms with van der Waals surface area (Å²) in [5.41, 5.74) is -1.79. The number of pyridine rings is 1. The number of carbonyl (C=O) groups excluding carboxylic acids is 4. The van der Waals surface area contributed by atoms with Crippen LogP contribution in [0.2, 0.25) is 5.02 Å². The van der Waals surface area contributed by atoms with Gasteiger partial charge in [0.2, 0.25) is 17.7 Å². The summed E-state index contributed by atoms with van der Waals surface area (Å²) in [7, 11) is 0. The molecule has 0 aliphatic carbocycles. The van der Waals surface area contributed by atoms with Crippen LogP contribution in [0.5, 0.6) is 5.75 Å². The van der Waals surface area contributed by atoms with Crippen LogP contribution < -0.4 is 30.5 Å². The van der Waals surface area contributed by atoms with Gasteiger partial charge >= 0.3 is 6.18 Å². The van der Waals surface area contributed by atoms with Gasteiger partial charge in [0, 0.05) is 61.2 Å². The van der Waals surface area contributed by atoms with E-state index in [-0.39, 0.29) is 23.9 Å². The van der Waals surface area contributed by atoms with E-state index < -0.39 is 52.4 Å². The molecule has 0 radical (unpaired) electrons. The lowest BCUT2D eigenvalue weighted by Gasteiger charge is -2.37. The van der Waals surface area contributed by atoms with Gasteiger partial charge in [-0.1, -0.05) is 18.5 Å². The van der Waals surface area contributed by atoms with Crippen molar-refractivity contribution >= 4 is 70.6 Å². The number of piperazine rings is 1. The summed E-state index contributed by atoms with van der Waals surface area (Å²) in [6, 6.07) is 11.7. The number of rotatable bonds is 12. The maximum Gasteiger partial charge on any atom is 0.419 e. The highest BCUT2D eigenvalue weighted by molar-refractivity contribution is 7.81. The average Bonchev–Trinajstić information content (AvgIpc) is 3.36. The zero-order chi connectivity index (χ0) is 42.8. The number of aromatic nitrogens is 1. The van der Waals surface area contributed by atoms with E-state index >= 15 is 0 Å². The van der Waals surface area contributed by atoms with Crippen molar-refractivity contribution in [2.75, 3.05) is 59.8 Å². The molecule has 6 rings (SSSR count). The number of aryl methyl sites for hydroxylation is 1. The van der Waals surface area contributed by atoms with Crippen molar-refractivity contribution in [3.8, 4) is 11.8 Å². The quantitative estimate of drug-likeness (QED) is 0.139. The van der Waals surface area contributed by atoms with Crippen LogP contribution >= 0.6 is 24.2 Å². The minimum Gasteiger partial charge on any atom is -0.492 e. The normalized spacial score (nSPS) is 20.6. The number of halogens is 4. The lowest BCUT2D eigenvalue weighted by molar-refractivity contribution is -0.138. The molecular formula is C40H45ClF3N9O5S. The van der Waals surface area contributed by atoms with Crippen molar-refractivity contribution in [2.45, 2.75) is 76.3 Å². The van der Waals surface area contributed by atoms with E-state index in [4.69, 9.17) is 29.0 Å². The number of nitriles is 1. The second-order valence-corrected chi connectivity index (χ2v) is 16.0. The van der Waals surface area contributed by atoms with Crippen LogP contribution in [0.15, 0.2) is 48.7 Å². The topological polar surface area (TPSA) is 163 Å². The predicted molar refractivity (Wildman–Crippen MR) is 219 cm³/mol. The summed E-state index contributed by atoms with van der Waals surface area (Å²) >= 11 is 11.0. The summed E-state index contributed by atoms with van der Waals surface area (Å²) in [6.07, 6.45) is -2.59. The molecule has 3 aliphatic rings. The molecular weight excluding hydrogens is 811 g/mol. The molecule has 0 spiro atoms. The van der Waals surface area contributed by atoms with Gasteiger partial charge in [0.25, 0.3) is 5.91 Å². The Bertz CT molecular complexity index is 2160. The first-order valence-electron chi connectivity index (χ1n) is 19.1. The molecule has 59 heavy (non-hydrogen) atoms. The molecule has 3 fully saturated rings. The van der Waals surface area contributed by atoms with Gasteiger partial charge in [-0.25, -0.2) is 4.98 Å². The minimum atomic E-state index is -4.84. The Labute approximate surface area is 350 Å². The number of thiol groups is 1. The highest BCUT2D eigenvalue weighted by Gasteiger charge is 2.52.